The van der Waals surface area contributed by atoms with Crippen molar-refractivity contribution in [2.24, 2.45) is 22.7 Å². The van der Waals surface area contributed by atoms with Gasteiger partial charge in [0.15, 0.2) is 12.6 Å². The van der Waals surface area contributed by atoms with Gasteiger partial charge in [-0.1, -0.05) is 37.6 Å². The van der Waals surface area contributed by atoms with Gasteiger partial charge in [-0.2, -0.15) is 0 Å². The molecular weight excluding hydrogens is 564 g/mol. The van der Waals surface area contributed by atoms with Gasteiger partial charge in [0.2, 0.25) is 0 Å². The standard InChI is InChI=1S/C31H52O12/c1-16(10-12-32)5-7-18-17(2)6-8-21-30(18,3)11-9-22(34)31(21,4)15-41-29-27(39)25(37)24(36)20(43-29)14-40-28-26(38)23(35)19(13-33)42-28/h10,18-29,32-39H,2,5-9,11-15H2,1,3-4H3/b16-10-/t18-,19+,20+,21+,22+,23-,24-,25-,26-,27-,28+,29+,30-,31+/m1/s1. The fourth-order valence-electron chi connectivity index (χ4n) is 7.99. The SMILES string of the molecule is C=C1CC[C@H]2[C@](C)(CC[C@H](O)[C@@]2(C)CO[C@H]2O[C@@H](CO[C@H]3O[C@@H](CO)[C@@H](O)[C@H]3O)[C@@H](O)[C@@H](O)[C@H]2O)[C@@H]1CC/C(C)=C\CO. The van der Waals surface area contributed by atoms with Crippen LogP contribution in [0.25, 0.3) is 0 Å². The third-order valence-electron chi connectivity index (χ3n) is 10.8. The second kappa shape index (κ2) is 14.2. The smallest absolute Gasteiger partial charge is 0.186 e. The van der Waals surface area contributed by atoms with E-state index in [4.69, 9.17) is 18.9 Å². The van der Waals surface area contributed by atoms with Gasteiger partial charge in [0, 0.05) is 5.41 Å². The molecule has 0 unspecified atom stereocenters. The van der Waals surface area contributed by atoms with Crippen molar-refractivity contribution in [2.75, 3.05) is 26.4 Å². The molecule has 0 amide bonds. The van der Waals surface area contributed by atoms with E-state index in [9.17, 15) is 40.9 Å². The number of ether oxygens (including phenoxy) is 4. The third-order valence-corrected chi connectivity index (χ3v) is 10.8. The minimum atomic E-state index is -1.62. The highest BCUT2D eigenvalue weighted by Crippen LogP contribution is 2.62. The minimum Gasteiger partial charge on any atom is -0.394 e. The lowest BCUT2D eigenvalue weighted by Gasteiger charge is -2.60. The predicted octanol–water partition coefficient (Wildman–Crippen LogP) is -0.265. The zero-order chi connectivity index (χ0) is 31.7. The van der Waals surface area contributed by atoms with Crippen molar-refractivity contribution < 1.29 is 59.8 Å². The topological polar surface area (TPSA) is 199 Å². The highest BCUT2D eigenvalue weighted by Gasteiger charge is 2.58. The van der Waals surface area contributed by atoms with Crippen LogP contribution in [-0.2, 0) is 18.9 Å². The molecule has 0 spiro atoms. The molecule has 248 valence electrons. The number of rotatable bonds is 11. The fourth-order valence-corrected chi connectivity index (χ4v) is 7.99. The van der Waals surface area contributed by atoms with Crippen LogP contribution >= 0.6 is 0 Å². The fraction of sp³-hybridized carbons (Fsp3) is 0.871. The molecule has 0 aromatic carbocycles. The van der Waals surface area contributed by atoms with Crippen LogP contribution in [-0.4, -0.2) is 129 Å². The van der Waals surface area contributed by atoms with Crippen LogP contribution in [0.2, 0.25) is 0 Å². The summed E-state index contributed by atoms with van der Waals surface area (Å²) in [6.45, 7) is 9.83. The van der Waals surface area contributed by atoms with Gasteiger partial charge in [-0.25, -0.2) is 0 Å². The van der Waals surface area contributed by atoms with Gasteiger partial charge in [0.05, 0.1) is 32.5 Å². The highest BCUT2D eigenvalue weighted by molar-refractivity contribution is 5.18. The number of hydrogen-bond acceptors (Lipinski definition) is 12. The quantitative estimate of drug-likeness (QED) is 0.142. The molecule has 4 aliphatic rings. The lowest BCUT2D eigenvalue weighted by molar-refractivity contribution is -0.320. The van der Waals surface area contributed by atoms with E-state index in [0.29, 0.717) is 6.42 Å². The Morgan fingerprint density at radius 1 is 0.907 bits per heavy atom. The van der Waals surface area contributed by atoms with E-state index in [2.05, 4.69) is 13.5 Å². The first-order valence-electron chi connectivity index (χ1n) is 15.5. The number of allylic oxidation sites excluding steroid dienone is 2. The van der Waals surface area contributed by atoms with E-state index in [1.165, 1.54) is 5.57 Å². The van der Waals surface area contributed by atoms with Crippen LogP contribution in [0.3, 0.4) is 0 Å². The Morgan fingerprint density at radius 2 is 1.53 bits per heavy atom. The summed E-state index contributed by atoms with van der Waals surface area (Å²) in [5.74, 6) is 0.302. The van der Waals surface area contributed by atoms with Crippen molar-refractivity contribution in [2.45, 2.75) is 121 Å². The van der Waals surface area contributed by atoms with Crippen LogP contribution in [0.15, 0.2) is 23.8 Å². The summed E-state index contributed by atoms with van der Waals surface area (Å²) in [4.78, 5) is 0. The largest absolute Gasteiger partial charge is 0.394 e. The molecule has 0 aromatic heterocycles. The second-order valence-electron chi connectivity index (χ2n) is 13.5. The summed E-state index contributed by atoms with van der Waals surface area (Å²) in [6, 6.07) is 0. The van der Waals surface area contributed by atoms with E-state index in [1.807, 2.05) is 19.9 Å². The van der Waals surface area contributed by atoms with Gasteiger partial charge < -0.3 is 59.8 Å². The molecule has 8 N–H and O–H groups in total. The Bertz CT molecular complexity index is 976. The van der Waals surface area contributed by atoms with E-state index in [1.54, 1.807) is 0 Å². The maximum atomic E-state index is 11.3. The third kappa shape index (κ3) is 6.91. The van der Waals surface area contributed by atoms with Gasteiger partial charge in [0.1, 0.15) is 42.7 Å². The first kappa shape index (κ1) is 34.9. The summed E-state index contributed by atoms with van der Waals surface area (Å²) in [7, 11) is 0. The summed E-state index contributed by atoms with van der Waals surface area (Å²) < 4.78 is 22.8. The van der Waals surface area contributed by atoms with Gasteiger partial charge in [-0.05, 0) is 62.7 Å². The normalized spacial score (nSPS) is 47.5. The summed E-state index contributed by atoms with van der Waals surface area (Å²) in [5, 5.41) is 81.9. The van der Waals surface area contributed by atoms with Crippen molar-refractivity contribution in [1.29, 1.82) is 0 Å². The van der Waals surface area contributed by atoms with Crippen molar-refractivity contribution in [3.05, 3.63) is 23.8 Å². The molecule has 43 heavy (non-hydrogen) atoms. The molecule has 12 heteroatoms. The maximum Gasteiger partial charge on any atom is 0.186 e. The monoisotopic (exact) mass is 616 g/mol. The first-order chi connectivity index (χ1) is 20.3. The molecule has 2 saturated carbocycles. The molecule has 4 fully saturated rings. The molecular formula is C31H52O12. The van der Waals surface area contributed by atoms with Crippen molar-refractivity contribution >= 4 is 0 Å². The van der Waals surface area contributed by atoms with Crippen LogP contribution in [0.4, 0.5) is 0 Å². The Kier molecular flexibility index (Phi) is 11.5. The van der Waals surface area contributed by atoms with E-state index < -0.39 is 73.4 Å². The van der Waals surface area contributed by atoms with E-state index >= 15 is 0 Å². The average Bonchev–Trinajstić information content (AvgIpc) is 3.25. The molecule has 2 heterocycles. The van der Waals surface area contributed by atoms with Gasteiger partial charge in [-0.3, -0.25) is 0 Å². The molecule has 2 saturated heterocycles. The molecule has 12 nitrogen and oxygen atoms in total. The summed E-state index contributed by atoms with van der Waals surface area (Å²) in [5.41, 5.74) is 1.48. The number of fused-ring (bicyclic) bond motifs is 1. The van der Waals surface area contributed by atoms with E-state index in [0.717, 1.165) is 37.7 Å². The van der Waals surface area contributed by atoms with Crippen molar-refractivity contribution in [3.63, 3.8) is 0 Å². The molecule has 2 aliphatic carbocycles. The maximum absolute atomic E-state index is 11.3. The number of aliphatic hydroxyl groups excluding tert-OH is 8. The summed E-state index contributed by atoms with van der Waals surface area (Å²) in [6.07, 6.45) is -6.43. The van der Waals surface area contributed by atoms with Crippen LogP contribution in [0.1, 0.15) is 59.3 Å². The average molecular weight is 617 g/mol. The lowest BCUT2D eigenvalue weighted by Crippen LogP contribution is -2.61. The van der Waals surface area contributed by atoms with Crippen LogP contribution in [0.5, 0.6) is 0 Å². The van der Waals surface area contributed by atoms with Crippen molar-refractivity contribution in [3.8, 4) is 0 Å². The minimum absolute atomic E-state index is 0.0103. The molecule has 0 bridgehead atoms. The molecule has 14 atom stereocenters. The molecule has 0 radical (unpaired) electrons. The lowest BCUT2D eigenvalue weighted by atomic mass is 9.46. The predicted molar refractivity (Wildman–Crippen MR) is 153 cm³/mol. The Balaban J connectivity index is 1.44. The Morgan fingerprint density at radius 3 is 2.19 bits per heavy atom. The van der Waals surface area contributed by atoms with E-state index in [-0.39, 0.29) is 37.1 Å². The van der Waals surface area contributed by atoms with Gasteiger partial charge in [-0.15, -0.1) is 0 Å². The number of aliphatic hydroxyl groups is 8. The second-order valence-corrected chi connectivity index (χ2v) is 13.5. The Hall–Kier alpha value is -1.00. The molecule has 4 rings (SSSR count). The van der Waals surface area contributed by atoms with Gasteiger partial charge >= 0.3 is 0 Å². The van der Waals surface area contributed by atoms with Crippen molar-refractivity contribution in [1.82, 2.24) is 0 Å². The first-order valence-corrected chi connectivity index (χ1v) is 15.5. The van der Waals surface area contributed by atoms with Crippen LogP contribution in [0, 0.1) is 22.7 Å². The van der Waals surface area contributed by atoms with Gasteiger partial charge in [0.25, 0.3) is 0 Å². The number of hydrogen-bond donors (Lipinski definition) is 8. The van der Waals surface area contributed by atoms with Crippen LogP contribution < -0.4 is 0 Å². The Labute approximate surface area is 253 Å². The zero-order valence-corrected chi connectivity index (χ0v) is 25.5. The summed E-state index contributed by atoms with van der Waals surface area (Å²) >= 11 is 0. The zero-order valence-electron chi connectivity index (χ0n) is 25.5. The highest BCUT2D eigenvalue weighted by atomic mass is 16.7. The molecule has 0 aromatic rings. The molecule has 2 aliphatic heterocycles.